The first kappa shape index (κ1) is 17.3. The predicted molar refractivity (Wildman–Crippen MR) is 94.6 cm³/mol. The van der Waals surface area contributed by atoms with Gasteiger partial charge in [0.05, 0.1) is 23.9 Å². The Bertz CT molecular complexity index is 669. The zero-order valence-corrected chi connectivity index (χ0v) is 14.0. The van der Waals surface area contributed by atoms with Crippen molar-refractivity contribution < 1.29 is 9.90 Å². The van der Waals surface area contributed by atoms with Crippen LogP contribution in [0.15, 0.2) is 42.3 Å². The number of hydrogen-bond donors (Lipinski definition) is 2. The summed E-state index contributed by atoms with van der Waals surface area (Å²) < 4.78 is 0. The smallest absolute Gasteiger partial charge is 0.238 e. The highest BCUT2D eigenvalue weighted by Gasteiger charge is 2.10. The Morgan fingerprint density at radius 1 is 1.52 bits per heavy atom. The molecule has 0 aliphatic carbocycles. The molecule has 122 valence electrons. The molecule has 0 atom stereocenters. The number of rotatable bonds is 8. The van der Waals surface area contributed by atoms with Crippen molar-refractivity contribution in [1.29, 1.82) is 0 Å². The van der Waals surface area contributed by atoms with Gasteiger partial charge >= 0.3 is 0 Å². The van der Waals surface area contributed by atoms with Gasteiger partial charge in [0.1, 0.15) is 0 Å². The summed E-state index contributed by atoms with van der Waals surface area (Å²) in [5.41, 5.74) is 2.63. The molecule has 1 amide bonds. The van der Waals surface area contributed by atoms with Crippen molar-refractivity contribution >= 4 is 22.9 Å². The number of carbonyl (C=O) groups excluding carboxylic acids is 1. The van der Waals surface area contributed by atoms with Crippen LogP contribution in [-0.4, -0.2) is 47.1 Å². The highest BCUT2D eigenvalue weighted by atomic mass is 32.1. The zero-order valence-electron chi connectivity index (χ0n) is 13.2. The number of aliphatic hydroxyl groups excluding tert-OH is 1. The number of benzene rings is 1. The fourth-order valence-corrected chi connectivity index (χ4v) is 2.84. The van der Waals surface area contributed by atoms with Crippen LogP contribution in [0.4, 0.5) is 5.69 Å². The van der Waals surface area contributed by atoms with E-state index in [2.05, 4.69) is 16.9 Å². The van der Waals surface area contributed by atoms with Crippen LogP contribution in [0.2, 0.25) is 0 Å². The Labute approximate surface area is 140 Å². The topological polar surface area (TPSA) is 65.5 Å². The molecular formula is C17H21N3O2S. The van der Waals surface area contributed by atoms with Gasteiger partial charge in [-0.3, -0.25) is 9.69 Å². The molecule has 0 saturated heterocycles. The van der Waals surface area contributed by atoms with Crippen LogP contribution in [0.25, 0.3) is 11.3 Å². The summed E-state index contributed by atoms with van der Waals surface area (Å²) in [6, 6.07) is 7.63. The molecule has 0 fully saturated rings. The minimum atomic E-state index is -0.119. The minimum absolute atomic E-state index is 0.0137. The molecule has 0 radical (unpaired) electrons. The van der Waals surface area contributed by atoms with Crippen molar-refractivity contribution in [2.45, 2.75) is 6.92 Å². The molecule has 6 heteroatoms. The number of aryl methyl sites for hydroxylation is 1. The lowest BCUT2D eigenvalue weighted by molar-refractivity contribution is -0.117. The van der Waals surface area contributed by atoms with Gasteiger partial charge in [-0.2, -0.15) is 0 Å². The number of nitrogens with zero attached hydrogens (tertiary/aromatic N) is 2. The number of anilines is 1. The average molecular weight is 331 g/mol. The second kappa shape index (κ2) is 8.57. The van der Waals surface area contributed by atoms with Gasteiger partial charge in [-0.25, -0.2) is 4.98 Å². The van der Waals surface area contributed by atoms with Crippen LogP contribution in [0, 0.1) is 6.92 Å². The molecule has 0 aliphatic rings. The summed E-state index contributed by atoms with van der Waals surface area (Å²) in [5.74, 6) is -0.119. The third kappa shape index (κ3) is 5.28. The zero-order chi connectivity index (χ0) is 16.7. The second-order valence-corrected chi connectivity index (χ2v) is 6.19. The summed E-state index contributed by atoms with van der Waals surface area (Å²) in [7, 11) is 0. The van der Waals surface area contributed by atoms with E-state index >= 15 is 0 Å². The maximum absolute atomic E-state index is 12.1. The van der Waals surface area contributed by atoms with E-state index in [1.165, 1.54) is 0 Å². The number of hydrogen-bond acceptors (Lipinski definition) is 5. The lowest BCUT2D eigenvalue weighted by Crippen LogP contribution is -2.35. The lowest BCUT2D eigenvalue weighted by Gasteiger charge is -2.18. The molecular weight excluding hydrogens is 310 g/mol. The van der Waals surface area contributed by atoms with Crippen LogP contribution in [-0.2, 0) is 4.79 Å². The van der Waals surface area contributed by atoms with Crippen molar-refractivity contribution in [3.05, 3.63) is 47.3 Å². The SMILES string of the molecule is C=CCN(CCO)CC(=O)Nc1cccc(-c2csc(C)n2)c1. The molecule has 0 bridgehead atoms. The molecule has 0 saturated carbocycles. The summed E-state index contributed by atoms with van der Waals surface area (Å²) in [5, 5.41) is 14.9. The van der Waals surface area contributed by atoms with Crippen molar-refractivity contribution in [2.24, 2.45) is 0 Å². The average Bonchev–Trinajstić information content (AvgIpc) is 2.94. The van der Waals surface area contributed by atoms with Crippen molar-refractivity contribution in [2.75, 3.05) is 31.6 Å². The molecule has 2 rings (SSSR count). The summed E-state index contributed by atoms with van der Waals surface area (Å²) in [6.45, 7) is 6.86. The standard InChI is InChI=1S/C17H21N3O2S/c1-3-7-20(8-9-21)11-17(22)19-15-6-4-5-14(10-15)16-12-23-13(2)18-16/h3-6,10,12,21H,1,7-9,11H2,2H3,(H,19,22). The van der Waals surface area contributed by atoms with Crippen LogP contribution >= 0.6 is 11.3 Å². The van der Waals surface area contributed by atoms with Gasteiger partial charge in [-0.15, -0.1) is 17.9 Å². The first-order valence-corrected chi connectivity index (χ1v) is 8.27. The van der Waals surface area contributed by atoms with Crippen LogP contribution in [0.3, 0.4) is 0 Å². The summed E-state index contributed by atoms with van der Waals surface area (Å²) >= 11 is 1.60. The minimum Gasteiger partial charge on any atom is -0.395 e. The summed E-state index contributed by atoms with van der Waals surface area (Å²) in [6.07, 6.45) is 1.72. The van der Waals surface area contributed by atoms with Crippen LogP contribution in [0.1, 0.15) is 5.01 Å². The predicted octanol–water partition coefficient (Wildman–Crippen LogP) is 2.54. The van der Waals surface area contributed by atoms with E-state index in [0.717, 1.165) is 22.0 Å². The lowest BCUT2D eigenvalue weighted by atomic mass is 10.1. The van der Waals surface area contributed by atoms with Gasteiger partial charge in [0.15, 0.2) is 0 Å². The molecule has 0 unspecified atom stereocenters. The molecule has 0 aliphatic heterocycles. The molecule has 23 heavy (non-hydrogen) atoms. The van der Waals surface area contributed by atoms with Crippen LogP contribution < -0.4 is 5.32 Å². The normalized spacial score (nSPS) is 10.7. The highest BCUT2D eigenvalue weighted by Crippen LogP contribution is 2.24. The molecule has 1 aromatic carbocycles. The maximum Gasteiger partial charge on any atom is 0.238 e. The molecule has 1 heterocycles. The van der Waals surface area contributed by atoms with Gasteiger partial charge in [-0.1, -0.05) is 18.2 Å². The molecule has 5 nitrogen and oxygen atoms in total. The summed E-state index contributed by atoms with van der Waals surface area (Å²) in [4.78, 5) is 18.4. The van der Waals surface area contributed by atoms with Crippen molar-refractivity contribution in [3.8, 4) is 11.3 Å². The third-order valence-corrected chi connectivity index (χ3v) is 4.01. The fourth-order valence-electron chi connectivity index (χ4n) is 2.21. The van der Waals surface area contributed by atoms with Gasteiger partial charge in [0.25, 0.3) is 0 Å². The van der Waals surface area contributed by atoms with E-state index in [0.29, 0.717) is 13.1 Å². The monoisotopic (exact) mass is 331 g/mol. The molecule has 1 aromatic heterocycles. The number of aromatic nitrogens is 1. The Morgan fingerprint density at radius 3 is 3.00 bits per heavy atom. The first-order valence-electron chi connectivity index (χ1n) is 7.39. The molecule has 2 N–H and O–H groups in total. The second-order valence-electron chi connectivity index (χ2n) is 5.13. The Kier molecular flexibility index (Phi) is 6.46. The third-order valence-electron chi connectivity index (χ3n) is 3.23. The van der Waals surface area contributed by atoms with E-state index < -0.39 is 0 Å². The Morgan fingerprint density at radius 2 is 2.35 bits per heavy atom. The number of carbonyl (C=O) groups is 1. The van der Waals surface area contributed by atoms with Gasteiger partial charge < -0.3 is 10.4 Å². The number of nitrogens with one attached hydrogen (secondary N) is 1. The number of thiazole rings is 1. The van der Waals surface area contributed by atoms with Gasteiger partial charge in [-0.05, 0) is 19.1 Å². The first-order chi connectivity index (χ1) is 11.1. The number of amides is 1. The highest BCUT2D eigenvalue weighted by molar-refractivity contribution is 7.09. The quantitative estimate of drug-likeness (QED) is 0.730. The van der Waals surface area contributed by atoms with E-state index in [-0.39, 0.29) is 19.1 Å². The van der Waals surface area contributed by atoms with Crippen molar-refractivity contribution in [1.82, 2.24) is 9.88 Å². The Balaban J connectivity index is 2.02. The van der Waals surface area contributed by atoms with E-state index in [4.69, 9.17) is 5.11 Å². The molecule has 0 spiro atoms. The van der Waals surface area contributed by atoms with Crippen LogP contribution in [0.5, 0.6) is 0 Å². The largest absolute Gasteiger partial charge is 0.395 e. The maximum atomic E-state index is 12.1. The van der Waals surface area contributed by atoms with E-state index in [1.54, 1.807) is 17.4 Å². The van der Waals surface area contributed by atoms with E-state index in [1.807, 2.05) is 41.5 Å². The van der Waals surface area contributed by atoms with E-state index in [9.17, 15) is 4.79 Å². The Hall–Kier alpha value is -2.02. The van der Waals surface area contributed by atoms with Gasteiger partial charge in [0, 0.05) is 29.7 Å². The fraction of sp³-hybridized carbons (Fsp3) is 0.294. The van der Waals surface area contributed by atoms with Crippen molar-refractivity contribution in [3.63, 3.8) is 0 Å². The number of aliphatic hydroxyl groups is 1. The van der Waals surface area contributed by atoms with Gasteiger partial charge in [0.2, 0.25) is 5.91 Å². The molecule has 2 aromatic rings.